The van der Waals surface area contributed by atoms with Gasteiger partial charge in [-0.05, 0) is 74.1 Å². The van der Waals surface area contributed by atoms with Crippen LogP contribution in [0.25, 0.3) is 33.3 Å². The van der Waals surface area contributed by atoms with Crippen molar-refractivity contribution in [2.24, 2.45) is 0 Å². The number of benzene rings is 3. The predicted octanol–water partition coefficient (Wildman–Crippen LogP) is 7.56. The fraction of sp³-hybridized carbons (Fsp3) is 0.308. The number of ether oxygens (including phenoxy) is 1. The van der Waals surface area contributed by atoms with Gasteiger partial charge in [0.25, 0.3) is 5.91 Å². The smallest absolute Gasteiger partial charge is 0.410 e. The minimum Gasteiger partial charge on any atom is -0.444 e. The van der Waals surface area contributed by atoms with Gasteiger partial charge in [0.1, 0.15) is 5.60 Å². The SMILES string of the molecule is CN(C)C(=O)c1ccc(-c2cn(S(=O)(=O)Cc3ccccc3)c3ncc(-c4ccc(C5CCCN(C(=O)OC(C)(C)C)C5)cc4)cc23)cc1. The van der Waals surface area contributed by atoms with Crippen LogP contribution in [0.3, 0.4) is 0 Å². The van der Waals surface area contributed by atoms with Crippen LogP contribution in [0.15, 0.2) is 97.3 Å². The number of nitrogens with zero attached hydrogens (tertiary/aromatic N) is 4. The molecule has 254 valence electrons. The normalized spacial score (nSPS) is 15.3. The van der Waals surface area contributed by atoms with E-state index >= 15 is 0 Å². The average Bonchev–Trinajstić information content (AvgIpc) is 3.48. The van der Waals surface area contributed by atoms with Crippen molar-refractivity contribution in [3.8, 4) is 22.3 Å². The van der Waals surface area contributed by atoms with Crippen molar-refractivity contribution in [3.63, 3.8) is 0 Å². The van der Waals surface area contributed by atoms with E-state index in [2.05, 4.69) is 24.3 Å². The number of fused-ring (bicyclic) bond motifs is 1. The molecule has 0 N–H and O–H groups in total. The first-order valence-corrected chi connectivity index (χ1v) is 18.1. The minimum absolute atomic E-state index is 0.113. The zero-order valence-electron chi connectivity index (χ0n) is 28.6. The van der Waals surface area contributed by atoms with Crippen LogP contribution >= 0.6 is 0 Å². The molecular formula is C39H42N4O5S. The van der Waals surface area contributed by atoms with Crippen molar-refractivity contribution in [2.45, 2.75) is 50.9 Å². The molecule has 3 heterocycles. The maximum absolute atomic E-state index is 13.8. The van der Waals surface area contributed by atoms with Gasteiger partial charge >= 0.3 is 6.09 Å². The summed E-state index contributed by atoms with van der Waals surface area (Å²) in [7, 11) is -0.413. The summed E-state index contributed by atoms with van der Waals surface area (Å²) in [4.78, 5) is 33.3. The highest BCUT2D eigenvalue weighted by atomic mass is 32.2. The summed E-state index contributed by atoms with van der Waals surface area (Å²) in [5.74, 6) is -0.0867. The molecule has 1 atom stereocenters. The molecule has 9 nitrogen and oxygen atoms in total. The molecule has 3 aromatic carbocycles. The molecule has 1 fully saturated rings. The largest absolute Gasteiger partial charge is 0.444 e. The Morgan fingerprint density at radius 1 is 0.918 bits per heavy atom. The number of piperidine rings is 1. The predicted molar refractivity (Wildman–Crippen MR) is 193 cm³/mol. The topological polar surface area (TPSA) is 102 Å². The monoisotopic (exact) mass is 678 g/mol. The standard InChI is InChI=1S/C39H42N4O5S/c1-39(2,3)48-38(45)42-21-9-12-32(24-42)28-13-15-29(16-14-28)33-22-34-35(30-17-19-31(20-18-30)37(44)41(4)5)25-43(36(34)40-23-33)49(46,47)26-27-10-7-6-8-11-27/h6-8,10-11,13-20,22-23,25,32H,9,12,21,24,26H2,1-5H3. The van der Waals surface area contributed by atoms with Gasteiger partial charge in [-0.25, -0.2) is 22.2 Å². The lowest BCUT2D eigenvalue weighted by molar-refractivity contribution is 0.0198. The van der Waals surface area contributed by atoms with E-state index in [4.69, 9.17) is 9.72 Å². The van der Waals surface area contributed by atoms with Gasteiger partial charge in [0.2, 0.25) is 10.0 Å². The van der Waals surface area contributed by atoms with Crippen LogP contribution in [0.1, 0.15) is 61.0 Å². The number of carbonyl (C=O) groups is 2. The quantitative estimate of drug-likeness (QED) is 0.176. The summed E-state index contributed by atoms with van der Waals surface area (Å²) in [6.45, 7) is 6.93. The third kappa shape index (κ3) is 7.54. The lowest BCUT2D eigenvalue weighted by atomic mass is 9.89. The second kappa shape index (κ2) is 13.5. The number of rotatable bonds is 7. The van der Waals surface area contributed by atoms with Crippen LogP contribution in [0.2, 0.25) is 0 Å². The third-order valence-corrected chi connectivity index (χ3v) is 10.3. The first-order chi connectivity index (χ1) is 23.3. The molecule has 1 unspecified atom stereocenters. The third-order valence-electron chi connectivity index (χ3n) is 8.74. The van der Waals surface area contributed by atoms with Gasteiger partial charge in [-0.2, -0.15) is 0 Å². The van der Waals surface area contributed by atoms with Gasteiger partial charge in [0.05, 0.1) is 5.75 Å². The van der Waals surface area contributed by atoms with E-state index in [0.717, 1.165) is 35.1 Å². The van der Waals surface area contributed by atoms with Crippen molar-refractivity contribution in [3.05, 3.63) is 114 Å². The highest BCUT2D eigenvalue weighted by Gasteiger charge is 2.28. The molecule has 0 bridgehead atoms. The van der Waals surface area contributed by atoms with Crippen molar-refractivity contribution in [1.82, 2.24) is 18.8 Å². The summed E-state index contributed by atoms with van der Waals surface area (Å²) in [6, 6.07) is 26.5. The van der Waals surface area contributed by atoms with Gasteiger partial charge in [-0.1, -0.05) is 66.7 Å². The maximum atomic E-state index is 13.8. The molecule has 2 aromatic heterocycles. The van der Waals surface area contributed by atoms with Crippen molar-refractivity contribution in [1.29, 1.82) is 0 Å². The van der Waals surface area contributed by atoms with Crippen LogP contribution in [-0.2, 0) is 20.5 Å². The Morgan fingerprint density at radius 2 is 1.59 bits per heavy atom. The molecule has 2 amide bonds. The van der Waals surface area contributed by atoms with Crippen molar-refractivity contribution >= 4 is 33.1 Å². The highest BCUT2D eigenvalue weighted by molar-refractivity contribution is 7.89. The zero-order valence-corrected chi connectivity index (χ0v) is 29.4. The second-order valence-corrected chi connectivity index (χ2v) is 15.7. The Hall–Kier alpha value is -4.96. The number of aromatic nitrogens is 2. The molecule has 10 heteroatoms. The van der Waals surface area contributed by atoms with E-state index in [9.17, 15) is 18.0 Å². The van der Waals surface area contributed by atoms with Crippen LogP contribution in [0.5, 0.6) is 0 Å². The number of hydrogen-bond acceptors (Lipinski definition) is 6. The Morgan fingerprint density at radius 3 is 2.24 bits per heavy atom. The van der Waals surface area contributed by atoms with Crippen LogP contribution in [0.4, 0.5) is 4.79 Å². The molecule has 0 aliphatic carbocycles. The number of carbonyl (C=O) groups excluding carboxylic acids is 2. The Kier molecular flexibility index (Phi) is 9.35. The van der Waals surface area contributed by atoms with E-state index in [0.29, 0.717) is 40.8 Å². The Labute approximate surface area is 288 Å². The van der Waals surface area contributed by atoms with E-state index < -0.39 is 15.6 Å². The fourth-order valence-corrected chi connectivity index (χ4v) is 7.70. The highest BCUT2D eigenvalue weighted by Crippen LogP contribution is 2.35. The van der Waals surface area contributed by atoms with E-state index in [1.54, 1.807) is 55.7 Å². The average molecular weight is 679 g/mol. The summed E-state index contributed by atoms with van der Waals surface area (Å²) in [6.07, 6.45) is 4.95. The van der Waals surface area contributed by atoms with E-state index in [-0.39, 0.29) is 23.7 Å². The van der Waals surface area contributed by atoms with E-state index in [1.807, 2.05) is 57.2 Å². The van der Waals surface area contributed by atoms with Crippen LogP contribution in [-0.4, -0.2) is 72.0 Å². The molecule has 1 saturated heterocycles. The van der Waals surface area contributed by atoms with Crippen molar-refractivity contribution < 1.29 is 22.7 Å². The zero-order chi connectivity index (χ0) is 34.9. The minimum atomic E-state index is -3.82. The summed E-state index contributed by atoms with van der Waals surface area (Å²) < 4.78 is 34.5. The van der Waals surface area contributed by atoms with Gasteiger partial charge in [0, 0.05) is 67.6 Å². The molecule has 0 spiro atoms. The molecule has 1 aliphatic rings. The van der Waals surface area contributed by atoms with E-state index in [1.165, 1.54) is 8.87 Å². The molecule has 0 radical (unpaired) electrons. The second-order valence-electron chi connectivity index (χ2n) is 13.8. The molecular weight excluding hydrogens is 637 g/mol. The number of pyridine rings is 1. The Balaban J connectivity index is 1.34. The molecule has 1 aliphatic heterocycles. The number of likely N-dealkylation sites (tertiary alicyclic amines) is 1. The molecule has 6 rings (SSSR count). The van der Waals surface area contributed by atoms with Crippen molar-refractivity contribution in [2.75, 3.05) is 27.2 Å². The summed E-state index contributed by atoms with van der Waals surface area (Å²) in [5.41, 5.74) is 5.43. The first kappa shape index (κ1) is 33.9. The van der Waals surface area contributed by atoms with Gasteiger partial charge in [0.15, 0.2) is 5.65 Å². The lowest BCUT2D eigenvalue weighted by Crippen LogP contribution is -2.42. The van der Waals surface area contributed by atoms with Crippen LogP contribution < -0.4 is 0 Å². The van der Waals surface area contributed by atoms with Crippen LogP contribution in [0, 0.1) is 0 Å². The first-order valence-electron chi connectivity index (χ1n) is 16.5. The summed E-state index contributed by atoms with van der Waals surface area (Å²) >= 11 is 0. The molecule has 49 heavy (non-hydrogen) atoms. The molecule has 5 aromatic rings. The van der Waals surface area contributed by atoms with Gasteiger partial charge < -0.3 is 14.5 Å². The fourth-order valence-electron chi connectivity index (χ4n) is 6.27. The van der Waals surface area contributed by atoms with Gasteiger partial charge in [-0.15, -0.1) is 0 Å². The number of amides is 2. The summed E-state index contributed by atoms with van der Waals surface area (Å²) in [5, 5.41) is 0.685. The number of hydrogen-bond donors (Lipinski definition) is 0. The van der Waals surface area contributed by atoms with Gasteiger partial charge in [-0.3, -0.25) is 4.79 Å². The lowest BCUT2D eigenvalue weighted by Gasteiger charge is -2.34. The molecule has 0 saturated carbocycles. The Bertz CT molecular complexity index is 2080. The maximum Gasteiger partial charge on any atom is 0.410 e.